The minimum atomic E-state index is -1.17. The molecule has 0 aromatic carbocycles. The van der Waals surface area contributed by atoms with Gasteiger partial charge in [-0.05, 0) is 6.07 Å². The normalized spacial score (nSPS) is 9.23. The lowest BCUT2D eigenvalue weighted by atomic mass is 10.3. The first-order valence-corrected chi connectivity index (χ1v) is 4.10. The van der Waals surface area contributed by atoms with Gasteiger partial charge in [-0.2, -0.15) is 9.65 Å². The monoisotopic (exact) mass is 200 g/mol. The van der Waals surface area contributed by atoms with E-state index in [2.05, 4.69) is 5.32 Å². The number of thiophene rings is 1. The fourth-order valence-electron chi connectivity index (χ4n) is 0.743. The molecule has 13 heavy (non-hydrogen) atoms. The van der Waals surface area contributed by atoms with Gasteiger partial charge in [-0.1, -0.05) is 0 Å². The Balaban J connectivity index is 2.69. The second-order valence-corrected chi connectivity index (χ2v) is 3.26. The fourth-order valence-corrected chi connectivity index (χ4v) is 1.51. The van der Waals surface area contributed by atoms with E-state index in [9.17, 15) is 9.18 Å². The van der Waals surface area contributed by atoms with Crippen LogP contribution in [0, 0.1) is 16.5 Å². The second kappa shape index (κ2) is 3.87. The highest BCUT2D eigenvalue weighted by Crippen LogP contribution is 2.19. The summed E-state index contributed by atoms with van der Waals surface area (Å²) >= 11 is 0.766. The van der Waals surface area contributed by atoms with Gasteiger partial charge >= 0.3 is 6.09 Å². The Bertz CT molecular complexity index is 369. The Morgan fingerprint density at radius 1 is 1.85 bits per heavy atom. The standard InChI is InChI=1S/C7H5FN2O2S/c8-6-4(2-9)1-5(13-6)3-10-7(11)12/h1,10H,3H2,(H,11,12). The van der Waals surface area contributed by atoms with Crippen molar-refractivity contribution in [2.75, 3.05) is 0 Å². The van der Waals surface area contributed by atoms with Crippen molar-refractivity contribution in [1.82, 2.24) is 5.32 Å². The number of hydrogen-bond acceptors (Lipinski definition) is 3. The number of halogens is 1. The predicted octanol–water partition coefficient (Wildman–Crippen LogP) is 1.53. The quantitative estimate of drug-likeness (QED) is 0.760. The third-order valence-corrected chi connectivity index (χ3v) is 2.20. The summed E-state index contributed by atoms with van der Waals surface area (Å²) in [4.78, 5) is 10.6. The Morgan fingerprint density at radius 2 is 2.54 bits per heavy atom. The Labute approximate surface area is 77.2 Å². The SMILES string of the molecule is N#Cc1cc(CNC(=O)O)sc1F. The van der Waals surface area contributed by atoms with Crippen LogP contribution in [0.25, 0.3) is 0 Å². The summed E-state index contributed by atoms with van der Waals surface area (Å²) in [5.74, 6) is 0. The van der Waals surface area contributed by atoms with E-state index >= 15 is 0 Å². The Morgan fingerprint density at radius 3 is 3.00 bits per heavy atom. The van der Waals surface area contributed by atoms with E-state index in [0.717, 1.165) is 11.3 Å². The maximum atomic E-state index is 12.8. The van der Waals surface area contributed by atoms with Gasteiger partial charge < -0.3 is 10.4 Å². The molecule has 1 aromatic rings. The van der Waals surface area contributed by atoms with Crippen molar-refractivity contribution in [2.24, 2.45) is 0 Å². The molecule has 1 amide bonds. The number of rotatable bonds is 2. The van der Waals surface area contributed by atoms with Crippen LogP contribution in [-0.2, 0) is 6.54 Å². The predicted molar refractivity (Wildman–Crippen MR) is 43.9 cm³/mol. The highest BCUT2D eigenvalue weighted by Gasteiger charge is 2.08. The number of nitrogens with one attached hydrogen (secondary N) is 1. The minimum Gasteiger partial charge on any atom is -0.465 e. The van der Waals surface area contributed by atoms with Gasteiger partial charge in [0.15, 0.2) is 5.13 Å². The molecule has 68 valence electrons. The van der Waals surface area contributed by atoms with E-state index < -0.39 is 11.2 Å². The van der Waals surface area contributed by atoms with E-state index in [4.69, 9.17) is 10.4 Å². The maximum absolute atomic E-state index is 12.8. The lowest BCUT2D eigenvalue weighted by molar-refractivity contribution is 0.194. The van der Waals surface area contributed by atoms with Crippen molar-refractivity contribution in [3.05, 3.63) is 21.6 Å². The molecular weight excluding hydrogens is 195 g/mol. The van der Waals surface area contributed by atoms with Gasteiger partial charge in [-0.15, -0.1) is 11.3 Å². The number of carboxylic acid groups (broad SMARTS) is 1. The summed E-state index contributed by atoms with van der Waals surface area (Å²) in [6.45, 7) is 0.0264. The van der Waals surface area contributed by atoms with Crippen molar-refractivity contribution >= 4 is 17.4 Å². The van der Waals surface area contributed by atoms with Crippen molar-refractivity contribution in [3.63, 3.8) is 0 Å². The lowest BCUT2D eigenvalue weighted by Gasteiger charge is -1.94. The average molecular weight is 200 g/mol. The molecule has 4 nitrogen and oxygen atoms in total. The second-order valence-electron chi connectivity index (χ2n) is 2.17. The van der Waals surface area contributed by atoms with Crippen LogP contribution in [0.5, 0.6) is 0 Å². The van der Waals surface area contributed by atoms with Crippen LogP contribution in [0.4, 0.5) is 9.18 Å². The van der Waals surface area contributed by atoms with E-state index in [0.29, 0.717) is 4.88 Å². The molecule has 0 saturated heterocycles. The average Bonchev–Trinajstić information content (AvgIpc) is 2.43. The lowest BCUT2D eigenvalue weighted by Crippen LogP contribution is -2.19. The van der Waals surface area contributed by atoms with Gasteiger partial charge in [0.05, 0.1) is 12.1 Å². The van der Waals surface area contributed by atoms with Crippen LogP contribution in [0.15, 0.2) is 6.07 Å². The Hall–Kier alpha value is -1.61. The number of carbonyl (C=O) groups is 1. The molecule has 0 unspecified atom stereocenters. The fraction of sp³-hybridized carbons (Fsp3) is 0.143. The van der Waals surface area contributed by atoms with Gasteiger partial charge in [-0.25, -0.2) is 4.79 Å². The zero-order chi connectivity index (χ0) is 9.84. The maximum Gasteiger partial charge on any atom is 0.404 e. The van der Waals surface area contributed by atoms with Gasteiger partial charge in [0.2, 0.25) is 0 Å². The van der Waals surface area contributed by atoms with Crippen LogP contribution >= 0.6 is 11.3 Å². The smallest absolute Gasteiger partial charge is 0.404 e. The molecule has 0 aliphatic heterocycles. The molecule has 0 bridgehead atoms. The number of nitrogens with zero attached hydrogens (tertiary/aromatic N) is 1. The highest BCUT2D eigenvalue weighted by molar-refractivity contribution is 7.10. The van der Waals surface area contributed by atoms with Crippen LogP contribution < -0.4 is 5.32 Å². The largest absolute Gasteiger partial charge is 0.465 e. The van der Waals surface area contributed by atoms with Gasteiger partial charge in [-0.3, -0.25) is 0 Å². The highest BCUT2D eigenvalue weighted by atomic mass is 32.1. The van der Waals surface area contributed by atoms with E-state index in [1.807, 2.05) is 0 Å². The summed E-state index contributed by atoms with van der Waals surface area (Å²) in [6.07, 6.45) is -1.17. The number of nitriles is 1. The van der Waals surface area contributed by atoms with Crippen molar-refractivity contribution in [1.29, 1.82) is 5.26 Å². The number of amides is 1. The molecule has 0 saturated carbocycles. The number of hydrogen-bond donors (Lipinski definition) is 2. The Kier molecular flexibility index (Phi) is 2.82. The van der Waals surface area contributed by atoms with Crippen LogP contribution in [-0.4, -0.2) is 11.2 Å². The van der Waals surface area contributed by atoms with Crippen molar-refractivity contribution < 1.29 is 14.3 Å². The molecule has 0 aliphatic carbocycles. The van der Waals surface area contributed by atoms with Gasteiger partial charge in [0, 0.05) is 4.88 Å². The van der Waals surface area contributed by atoms with E-state index in [-0.39, 0.29) is 12.1 Å². The summed E-state index contributed by atoms with van der Waals surface area (Å²) in [6, 6.07) is 2.99. The first kappa shape index (κ1) is 9.48. The first-order chi connectivity index (χ1) is 6.13. The molecular formula is C7H5FN2O2S. The molecule has 0 radical (unpaired) electrons. The van der Waals surface area contributed by atoms with Gasteiger partial charge in [0.25, 0.3) is 0 Å². The third kappa shape index (κ3) is 2.42. The molecule has 1 aromatic heterocycles. The van der Waals surface area contributed by atoms with E-state index in [1.165, 1.54) is 6.07 Å². The molecule has 0 fully saturated rings. The third-order valence-electron chi connectivity index (χ3n) is 1.27. The molecule has 0 spiro atoms. The van der Waals surface area contributed by atoms with Crippen molar-refractivity contribution in [2.45, 2.75) is 6.54 Å². The van der Waals surface area contributed by atoms with Crippen LogP contribution in [0.1, 0.15) is 10.4 Å². The molecule has 2 N–H and O–H groups in total. The molecule has 0 aliphatic rings. The summed E-state index contributed by atoms with van der Waals surface area (Å²) < 4.78 is 12.8. The van der Waals surface area contributed by atoms with Crippen LogP contribution in [0.2, 0.25) is 0 Å². The van der Waals surface area contributed by atoms with E-state index in [1.54, 1.807) is 6.07 Å². The summed E-state index contributed by atoms with van der Waals surface area (Å²) in [5, 5.41) is 18.1. The van der Waals surface area contributed by atoms with Gasteiger partial charge in [0.1, 0.15) is 6.07 Å². The zero-order valence-corrected chi connectivity index (χ0v) is 7.19. The minimum absolute atomic E-state index is 0.0264. The molecule has 0 atom stereocenters. The zero-order valence-electron chi connectivity index (χ0n) is 6.37. The first-order valence-electron chi connectivity index (χ1n) is 3.28. The van der Waals surface area contributed by atoms with Crippen molar-refractivity contribution in [3.8, 4) is 6.07 Å². The topological polar surface area (TPSA) is 73.1 Å². The van der Waals surface area contributed by atoms with Crippen LogP contribution in [0.3, 0.4) is 0 Å². The molecule has 1 heterocycles. The molecule has 6 heteroatoms. The molecule has 1 rings (SSSR count). The summed E-state index contributed by atoms with van der Waals surface area (Å²) in [7, 11) is 0. The summed E-state index contributed by atoms with van der Waals surface area (Å²) in [5.41, 5.74) is -0.0489.